The standard InChI is InChI=1S/C16H23NO5/c1-11(17-15(19)22-16(2,3)4)10-21-13-9-7-6-8-12(13)14(18)20-5/h6-9,11H,10H2,1-5H3,(H,17,19)/t11-/m1/s1. The van der Waals surface area contributed by atoms with Crippen molar-refractivity contribution in [3.05, 3.63) is 29.8 Å². The summed E-state index contributed by atoms with van der Waals surface area (Å²) >= 11 is 0. The van der Waals surface area contributed by atoms with Gasteiger partial charge in [-0.2, -0.15) is 0 Å². The average molecular weight is 309 g/mol. The van der Waals surface area contributed by atoms with Crippen LogP contribution in [0.1, 0.15) is 38.1 Å². The van der Waals surface area contributed by atoms with Gasteiger partial charge in [-0.25, -0.2) is 9.59 Å². The molecule has 6 nitrogen and oxygen atoms in total. The lowest BCUT2D eigenvalue weighted by molar-refractivity contribution is 0.0489. The third-order valence-electron chi connectivity index (χ3n) is 2.54. The Morgan fingerprint density at radius 2 is 1.86 bits per heavy atom. The molecular formula is C16H23NO5. The molecule has 0 unspecified atom stereocenters. The molecular weight excluding hydrogens is 286 g/mol. The molecule has 122 valence electrons. The number of esters is 1. The SMILES string of the molecule is COC(=O)c1ccccc1OC[C@@H](C)NC(=O)OC(C)(C)C. The zero-order valence-corrected chi connectivity index (χ0v) is 13.6. The van der Waals surface area contributed by atoms with Crippen LogP contribution in [0.2, 0.25) is 0 Å². The van der Waals surface area contributed by atoms with E-state index < -0.39 is 17.7 Å². The molecule has 0 bridgehead atoms. The van der Waals surface area contributed by atoms with Gasteiger partial charge in [0, 0.05) is 0 Å². The van der Waals surface area contributed by atoms with Crippen LogP contribution >= 0.6 is 0 Å². The number of alkyl carbamates (subject to hydrolysis) is 1. The Bertz CT molecular complexity index is 522. The van der Waals surface area contributed by atoms with Crippen LogP contribution in [-0.4, -0.2) is 37.4 Å². The number of rotatable bonds is 5. The molecule has 0 radical (unpaired) electrons. The Morgan fingerprint density at radius 3 is 2.45 bits per heavy atom. The summed E-state index contributed by atoms with van der Waals surface area (Å²) in [4.78, 5) is 23.3. The third kappa shape index (κ3) is 6.03. The molecule has 0 spiro atoms. The molecule has 0 saturated heterocycles. The van der Waals surface area contributed by atoms with Crippen molar-refractivity contribution in [3.63, 3.8) is 0 Å². The number of para-hydroxylation sites is 1. The molecule has 0 saturated carbocycles. The largest absolute Gasteiger partial charge is 0.491 e. The summed E-state index contributed by atoms with van der Waals surface area (Å²) in [6, 6.07) is 6.50. The van der Waals surface area contributed by atoms with Gasteiger partial charge < -0.3 is 19.5 Å². The van der Waals surface area contributed by atoms with Crippen LogP contribution in [-0.2, 0) is 9.47 Å². The summed E-state index contributed by atoms with van der Waals surface area (Å²) < 4.78 is 15.4. The Kier molecular flexibility index (Phi) is 6.22. The van der Waals surface area contributed by atoms with Gasteiger partial charge in [-0.3, -0.25) is 0 Å². The molecule has 22 heavy (non-hydrogen) atoms. The minimum absolute atomic E-state index is 0.202. The Labute approximate surface area is 130 Å². The highest BCUT2D eigenvalue weighted by Crippen LogP contribution is 2.19. The minimum Gasteiger partial charge on any atom is -0.491 e. The van der Waals surface area contributed by atoms with Crippen LogP contribution in [0.5, 0.6) is 5.75 Å². The fraction of sp³-hybridized carbons (Fsp3) is 0.500. The number of benzene rings is 1. The van der Waals surface area contributed by atoms with Crippen molar-refractivity contribution in [2.45, 2.75) is 39.3 Å². The first kappa shape index (κ1) is 17.8. The zero-order valence-electron chi connectivity index (χ0n) is 13.6. The minimum atomic E-state index is -0.553. The average Bonchev–Trinajstić information content (AvgIpc) is 2.42. The van der Waals surface area contributed by atoms with E-state index in [4.69, 9.17) is 14.2 Å². The quantitative estimate of drug-likeness (QED) is 0.847. The van der Waals surface area contributed by atoms with E-state index in [2.05, 4.69) is 5.32 Å². The van der Waals surface area contributed by atoms with Crippen molar-refractivity contribution in [2.75, 3.05) is 13.7 Å². The van der Waals surface area contributed by atoms with Gasteiger partial charge in [-0.05, 0) is 39.8 Å². The van der Waals surface area contributed by atoms with Crippen LogP contribution in [0.3, 0.4) is 0 Å². The second-order valence-electron chi connectivity index (χ2n) is 5.85. The van der Waals surface area contributed by atoms with Crippen molar-refractivity contribution < 1.29 is 23.8 Å². The summed E-state index contributed by atoms with van der Waals surface area (Å²) in [5, 5.41) is 2.67. The Morgan fingerprint density at radius 1 is 1.23 bits per heavy atom. The molecule has 0 aromatic heterocycles. The summed E-state index contributed by atoms with van der Waals surface area (Å²) in [5.74, 6) is -0.0597. The van der Waals surface area contributed by atoms with Gasteiger partial charge >= 0.3 is 12.1 Å². The van der Waals surface area contributed by atoms with Gasteiger partial charge in [-0.15, -0.1) is 0 Å². The van der Waals surface area contributed by atoms with E-state index in [1.54, 1.807) is 52.0 Å². The number of amides is 1. The maximum Gasteiger partial charge on any atom is 0.407 e. The monoisotopic (exact) mass is 309 g/mol. The maximum atomic E-state index is 11.6. The van der Waals surface area contributed by atoms with Crippen LogP contribution in [0.25, 0.3) is 0 Å². The molecule has 1 rings (SSSR count). The summed E-state index contributed by atoms with van der Waals surface area (Å²) in [5.41, 5.74) is -0.211. The molecule has 0 aliphatic heterocycles. The van der Waals surface area contributed by atoms with E-state index in [1.165, 1.54) is 7.11 Å². The Balaban J connectivity index is 2.56. The zero-order chi connectivity index (χ0) is 16.8. The van der Waals surface area contributed by atoms with Gasteiger partial charge in [0.15, 0.2) is 0 Å². The van der Waals surface area contributed by atoms with Crippen molar-refractivity contribution in [2.24, 2.45) is 0 Å². The molecule has 1 aromatic carbocycles. The first-order valence-corrected chi connectivity index (χ1v) is 7.02. The molecule has 1 aromatic rings. The molecule has 0 aliphatic rings. The van der Waals surface area contributed by atoms with Crippen LogP contribution in [0.4, 0.5) is 4.79 Å². The fourth-order valence-corrected chi connectivity index (χ4v) is 1.64. The highest BCUT2D eigenvalue weighted by molar-refractivity contribution is 5.92. The van der Waals surface area contributed by atoms with Crippen molar-refractivity contribution >= 4 is 12.1 Å². The predicted molar refractivity (Wildman–Crippen MR) is 82.1 cm³/mol. The number of carbonyl (C=O) groups excluding carboxylic acids is 2. The summed E-state index contributed by atoms with van der Waals surface area (Å²) in [6.07, 6.45) is -0.509. The highest BCUT2D eigenvalue weighted by atomic mass is 16.6. The fourth-order valence-electron chi connectivity index (χ4n) is 1.64. The number of hydrogen-bond acceptors (Lipinski definition) is 5. The lowest BCUT2D eigenvalue weighted by Crippen LogP contribution is -2.40. The number of carbonyl (C=O) groups is 2. The number of ether oxygens (including phenoxy) is 3. The molecule has 1 amide bonds. The first-order valence-electron chi connectivity index (χ1n) is 7.02. The predicted octanol–water partition coefficient (Wildman–Crippen LogP) is 2.77. The number of nitrogens with one attached hydrogen (secondary N) is 1. The normalized spacial score (nSPS) is 12.2. The van der Waals surface area contributed by atoms with Gasteiger partial charge in [0.1, 0.15) is 23.5 Å². The molecule has 0 fully saturated rings. The second-order valence-corrected chi connectivity index (χ2v) is 5.85. The topological polar surface area (TPSA) is 73.9 Å². The lowest BCUT2D eigenvalue weighted by atomic mass is 10.2. The number of methoxy groups -OCH3 is 1. The summed E-state index contributed by atoms with van der Waals surface area (Å²) in [6.45, 7) is 7.36. The van der Waals surface area contributed by atoms with Crippen LogP contribution in [0.15, 0.2) is 24.3 Å². The second kappa shape index (κ2) is 7.68. The highest BCUT2D eigenvalue weighted by Gasteiger charge is 2.18. The van der Waals surface area contributed by atoms with E-state index in [9.17, 15) is 9.59 Å². The van der Waals surface area contributed by atoms with E-state index in [0.29, 0.717) is 11.3 Å². The van der Waals surface area contributed by atoms with Crippen LogP contribution < -0.4 is 10.1 Å². The Hall–Kier alpha value is -2.24. The van der Waals surface area contributed by atoms with Crippen molar-refractivity contribution in [3.8, 4) is 5.75 Å². The van der Waals surface area contributed by atoms with Crippen LogP contribution in [0, 0.1) is 0 Å². The van der Waals surface area contributed by atoms with E-state index >= 15 is 0 Å². The van der Waals surface area contributed by atoms with Crippen molar-refractivity contribution in [1.29, 1.82) is 0 Å². The van der Waals surface area contributed by atoms with Gasteiger partial charge in [0.25, 0.3) is 0 Å². The lowest BCUT2D eigenvalue weighted by Gasteiger charge is -2.22. The van der Waals surface area contributed by atoms with E-state index in [0.717, 1.165) is 0 Å². The van der Waals surface area contributed by atoms with E-state index in [1.807, 2.05) is 0 Å². The molecule has 0 aliphatic carbocycles. The molecule has 0 heterocycles. The third-order valence-corrected chi connectivity index (χ3v) is 2.54. The number of hydrogen-bond donors (Lipinski definition) is 1. The molecule has 1 N–H and O–H groups in total. The van der Waals surface area contributed by atoms with Gasteiger partial charge in [0.05, 0.1) is 13.2 Å². The molecule has 6 heteroatoms. The van der Waals surface area contributed by atoms with E-state index in [-0.39, 0.29) is 12.6 Å². The summed E-state index contributed by atoms with van der Waals surface area (Å²) in [7, 11) is 1.31. The smallest absolute Gasteiger partial charge is 0.407 e. The van der Waals surface area contributed by atoms with Gasteiger partial charge in [-0.1, -0.05) is 12.1 Å². The van der Waals surface area contributed by atoms with Gasteiger partial charge in [0.2, 0.25) is 0 Å². The first-order chi connectivity index (χ1) is 10.2. The molecule has 1 atom stereocenters. The maximum absolute atomic E-state index is 11.6. The van der Waals surface area contributed by atoms with Crippen molar-refractivity contribution in [1.82, 2.24) is 5.32 Å².